The third-order valence-corrected chi connectivity index (χ3v) is 5.93. The lowest BCUT2D eigenvalue weighted by atomic mass is 10.1. The van der Waals surface area contributed by atoms with Gasteiger partial charge in [0.15, 0.2) is 17.3 Å². The lowest BCUT2D eigenvalue weighted by molar-refractivity contribution is -0.129. The number of hydrogen-bond acceptors (Lipinski definition) is 7. The van der Waals surface area contributed by atoms with Gasteiger partial charge in [-0.05, 0) is 42.8 Å². The van der Waals surface area contributed by atoms with Gasteiger partial charge >= 0.3 is 0 Å². The van der Waals surface area contributed by atoms with E-state index in [-0.39, 0.29) is 17.9 Å². The molecular formula is C24H28N4O4. The molecule has 0 saturated carbocycles. The number of methoxy groups -OCH3 is 2. The molecule has 1 aromatic heterocycles. The molecule has 0 radical (unpaired) electrons. The van der Waals surface area contributed by atoms with Crippen LogP contribution in [0.1, 0.15) is 36.7 Å². The highest BCUT2D eigenvalue weighted by Gasteiger charge is 2.36. The fourth-order valence-electron chi connectivity index (χ4n) is 4.01. The second-order valence-electron chi connectivity index (χ2n) is 8.14. The molecule has 2 aromatic carbocycles. The van der Waals surface area contributed by atoms with E-state index in [1.165, 1.54) is 0 Å². The third kappa shape index (κ3) is 4.12. The van der Waals surface area contributed by atoms with Gasteiger partial charge < -0.3 is 23.8 Å². The van der Waals surface area contributed by atoms with Gasteiger partial charge in [-0.1, -0.05) is 17.3 Å². The number of carbonyl (C=O) groups excluding carboxylic acids is 1. The van der Waals surface area contributed by atoms with Crippen molar-refractivity contribution in [2.75, 3.05) is 39.8 Å². The lowest BCUT2D eigenvalue weighted by Gasteiger charge is -2.25. The second-order valence-corrected chi connectivity index (χ2v) is 8.14. The molecule has 4 rings (SSSR count). The number of nitrogens with zero attached hydrogens (tertiary/aromatic N) is 4. The standard InChI is InChI=1S/C24H28N4O4/c1-15(16-9-10-20(30-4)21(12-16)31-5)28-14-18(13-22(28)29)23-25-24(32-26-23)17-7-6-8-19(11-17)27(2)3/h6-12,15,18H,13-14H2,1-5H3. The van der Waals surface area contributed by atoms with Crippen LogP contribution in [0.2, 0.25) is 0 Å². The van der Waals surface area contributed by atoms with Gasteiger partial charge in [-0.25, -0.2) is 0 Å². The Morgan fingerprint density at radius 1 is 1.12 bits per heavy atom. The summed E-state index contributed by atoms with van der Waals surface area (Å²) in [6, 6.07) is 13.5. The Hall–Kier alpha value is -3.55. The summed E-state index contributed by atoms with van der Waals surface area (Å²) in [7, 11) is 7.17. The van der Waals surface area contributed by atoms with Crippen LogP contribution in [-0.2, 0) is 4.79 Å². The number of aromatic nitrogens is 2. The minimum absolute atomic E-state index is 0.0678. The summed E-state index contributed by atoms with van der Waals surface area (Å²) in [6.45, 7) is 2.54. The average molecular weight is 437 g/mol. The zero-order chi connectivity index (χ0) is 22.8. The first kappa shape index (κ1) is 21.7. The SMILES string of the molecule is COc1ccc(C(C)N2CC(c3noc(-c4cccc(N(C)C)c4)n3)CC2=O)cc1OC. The van der Waals surface area contributed by atoms with Crippen molar-refractivity contribution in [1.82, 2.24) is 15.0 Å². The lowest BCUT2D eigenvalue weighted by Crippen LogP contribution is -2.28. The van der Waals surface area contributed by atoms with E-state index >= 15 is 0 Å². The number of amides is 1. The smallest absolute Gasteiger partial charge is 0.258 e. The zero-order valence-electron chi connectivity index (χ0n) is 19.0. The van der Waals surface area contributed by atoms with Gasteiger partial charge in [0.25, 0.3) is 5.89 Å². The van der Waals surface area contributed by atoms with Crippen molar-refractivity contribution in [2.45, 2.75) is 25.3 Å². The van der Waals surface area contributed by atoms with Crippen LogP contribution in [0.5, 0.6) is 11.5 Å². The molecule has 168 valence electrons. The number of hydrogen-bond donors (Lipinski definition) is 0. The second kappa shape index (κ2) is 8.90. The first-order valence-corrected chi connectivity index (χ1v) is 10.5. The molecule has 2 heterocycles. The fourth-order valence-corrected chi connectivity index (χ4v) is 4.01. The topological polar surface area (TPSA) is 80.9 Å². The molecule has 1 saturated heterocycles. The number of ether oxygens (including phenoxy) is 2. The number of benzene rings is 2. The van der Waals surface area contributed by atoms with Crippen molar-refractivity contribution in [2.24, 2.45) is 0 Å². The zero-order valence-corrected chi connectivity index (χ0v) is 19.0. The van der Waals surface area contributed by atoms with Crippen LogP contribution >= 0.6 is 0 Å². The summed E-state index contributed by atoms with van der Waals surface area (Å²) in [5.41, 5.74) is 2.88. The van der Waals surface area contributed by atoms with Gasteiger partial charge in [0, 0.05) is 44.2 Å². The van der Waals surface area contributed by atoms with E-state index < -0.39 is 0 Å². The predicted molar refractivity (Wildman–Crippen MR) is 121 cm³/mol. The van der Waals surface area contributed by atoms with Crippen LogP contribution in [0.25, 0.3) is 11.5 Å². The Balaban J connectivity index is 1.51. The molecule has 0 spiro atoms. The van der Waals surface area contributed by atoms with Crippen LogP contribution in [-0.4, -0.2) is 55.8 Å². The Morgan fingerprint density at radius 3 is 2.62 bits per heavy atom. The Morgan fingerprint density at radius 2 is 1.91 bits per heavy atom. The summed E-state index contributed by atoms with van der Waals surface area (Å²) in [5, 5.41) is 4.18. The molecule has 1 aliphatic heterocycles. The van der Waals surface area contributed by atoms with Crippen LogP contribution in [0.15, 0.2) is 47.0 Å². The van der Waals surface area contributed by atoms with Crippen molar-refractivity contribution in [3.05, 3.63) is 53.9 Å². The highest BCUT2D eigenvalue weighted by Crippen LogP contribution is 2.36. The summed E-state index contributed by atoms with van der Waals surface area (Å²) < 4.78 is 16.3. The molecular weight excluding hydrogens is 408 g/mol. The number of rotatable bonds is 7. The van der Waals surface area contributed by atoms with Gasteiger partial charge in [0.1, 0.15) is 0 Å². The van der Waals surface area contributed by atoms with Crippen LogP contribution in [0.4, 0.5) is 5.69 Å². The maximum Gasteiger partial charge on any atom is 0.258 e. The highest BCUT2D eigenvalue weighted by molar-refractivity contribution is 5.80. The third-order valence-electron chi connectivity index (χ3n) is 5.93. The maximum atomic E-state index is 12.8. The van der Waals surface area contributed by atoms with E-state index in [1.807, 2.05) is 73.3 Å². The molecule has 1 aliphatic rings. The summed E-state index contributed by atoms with van der Waals surface area (Å²) in [6.07, 6.45) is 0.355. The van der Waals surface area contributed by atoms with E-state index in [1.54, 1.807) is 14.2 Å². The minimum Gasteiger partial charge on any atom is -0.493 e. The van der Waals surface area contributed by atoms with E-state index in [4.69, 9.17) is 14.0 Å². The average Bonchev–Trinajstić information content (AvgIpc) is 3.45. The summed E-state index contributed by atoms with van der Waals surface area (Å²) in [4.78, 5) is 21.3. The number of anilines is 1. The molecule has 0 N–H and O–H groups in total. The van der Waals surface area contributed by atoms with Crippen molar-refractivity contribution < 1.29 is 18.8 Å². The molecule has 2 unspecified atom stereocenters. The number of likely N-dealkylation sites (tertiary alicyclic amines) is 1. The Kier molecular flexibility index (Phi) is 6.03. The molecule has 0 bridgehead atoms. The quantitative estimate of drug-likeness (QED) is 0.556. The van der Waals surface area contributed by atoms with Crippen molar-refractivity contribution in [3.8, 4) is 23.0 Å². The first-order chi connectivity index (χ1) is 15.4. The van der Waals surface area contributed by atoms with E-state index in [0.717, 1.165) is 16.8 Å². The summed E-state index contributed by atoms with van der Waals surface area (Å²) >= 11 is 0. The molecule has 3 aromatic rings. The summed E-state index contributed by atoms with van der Waals surface area (Å²) in [5.74, 6) is 2.28. The molecule has 1 amide bonds. The highest BCUT2D eigenvalue weighted by atomic mass is 16.5. The van der Waals surface area contributed by atoms with Crippen molar-refractivity contribution >= 4 is 11.6 Å². The largest absolute Gasteiger partial charge is 0.493 e. The van der Waals surface area contributed by atoms with Crippen LogP contribution < -0.4 is 14.4 Å². The fraction of sp³-hybridized carbons (Fsp3) is 0.375. The normalized spacial score (nSPS) is 16.8. The predicted octanol–water partition coefficient (Wildman–Crippen LogP) is 3.90. The Bertz CT molecular complexity index is 1110. The monoisotopic (exact) mass is 436 g/mol. The van der Waals surface area contributed by atoms with Gasteiger partial charge in [0.05, 0.1) is 20.3 Å². The van der Waals surface area contributed by atoms with Crippen molar-refractivity contribution in [3.63, 3.8) is 0 Å². The number of carbonyl (C=O) groups is 1. The first-order valence-electron chi connectivity index (χ1n) is 10.5. The minimum atomic E-state index is -0.115. The molecule has 1 fully saturated rings. The van der Waals surface area contributed by atoms with Gasteiger partial charge in [0.2, 0.25) is 5.91 Å². The van der Waals surface area contributed by atoms with E-state index in [0.29, 0.717) is 36.2 Å². The van der Waals surface area contributed by atoms with Gasteiger partial charge in [-0.2, -0.15) is 4.98 Å². The maximum absolute atomic E-state index is 12.8. The van der Waals surface area contributed by atoms with E-state index in [2.05, 4.69) is 10.1 Å². The molecule has 32 heavy (non-hydrogen) atoms. The molecule has 2 atom stereocenters. The Labute approximate surface area is 187 Å². The molecule has 8 heteroatoms. The van der Waals surface area contributed by atoms with E-state index in [9.17, 15) is 4.79 Å². The van der Waals surface area contributed by atoms with Crippen molar-refractivity contribution in [1.29, 1.82) is 0 Å². The van der Waals surface area contributed by atoms with Gasteiger partial charge in [-0.3, -0.25) is 4.79 Å². The molecule has 8 nitrogen and oxygen atoms in total. The van der Waals surface area contributed by atoms with Crippen LogP contribution in [0, 0.1) is 0 Å². The van der Waals surface area contributed by atoms with Crippen LogP contribution in [0.3, 0.4) is 0 Å². The molecule has 0 aliphatic carbocycles. The van der Waals surface area contributed by atoms with Gasteiger partial charge in [-0.15, -0.1) is 0 Å².